The lowest BCUT2D eigenvalue weighted by Gasteiger charge is -2.23. The molecule has 0 N–H and O–H groups in total. The van der Waals surface area contributed by atoms with Gasteiger partial charge in [0.15, 0.2) is 5.83 Å². The van der Waals surface area contributed by atoms with Crippen LogP contribution in [0.1, 0.15) is 0 Å². The standard InChI is InChI=1S/C10H6F11NO3/c11-4(5(12)10(19,20)21)1-25-7(24)6(23)22(2-8(13,14)15)3-9(16,17)18/h1-3H2/b5-4+. The summed E-state index contributed by atoms with van der Waals surface area (Å²) < 4.78 is 136. The van der Waals surface area contributed by atoms with Crippen LogP contribution in [-0.4, -0.2) is 55.0 Å². The number of nitrogens with zero attached hydrogens (tertiary/aromatic N) is 1. The molecule has 0 atom stereocenters. The fourth-order valence-corrected chi connectivity index (χ4v) is 1.17. The average molecular weight is 397 g/mol. The number of hydrogen-bond acceptors (Lipinski definition) is 3. The lowest BCUT2D eigenvalue weighted by molar-refractivity contribution is -0.191. The van der Waals surface area contributed by atoms with Crippen molar-refractivity contribution in [3.8, 4) is 0 Å². The highest BCUT2D eigenvalue weighted by Crippen LogP contribution is 2.30. The van der Waals surface area contributed by atoms with Crippen LogP contribution >= 0.6 is 0 Å². The van der Waals surface area contributed by atoms with Gasteiger partial charge in [-0.15, -0.1) is 0 Å². The molecule has 0 bridgehead atoms. The summed E-state index contributed by atoms with van der Waals surface area (Å²) in [6, 6.07) is 0. The molecule has 0 unspecified atom stereocenters. The zero-order chi connectivity index (χ0) is 20.2. The first-order valence-electron chi connectivity index (χ1n) is 5.65. The summed E-state index contributed by atoms with van der Waals surface area (Å²) in [5.74, 6) is -11.2. The van der Waals surface area contributed by atoms with Gasteiger partial charge in [-0.25, -0.2) is 9.18 Å². The molecule has 0 heterocycles. The molecule has 0 fully saturated rings. The van der Waals surface area contributed by atoms with E-state index in [4.69, 9.17) is 0 Å². The predicted octanol–water partition coefficient (Wildman–Crippen LogP) is 3.20. The molecular formula is C10H6F11NO3. The van der Waals surface area contributed by atoms with E-state index in [1.54, 1.807) is 0 Å². The Morgan fingerprint density at radius 3 is 1.52 bits per heavy atom. The monoisotopic (exact) mass is 397 g/mol. The Labute approximate surface area is 130 Å². The van der Waals surface area contributed by atoms with Crippen molar-refractivity contribution in [2.24, 2.45) is 0 Å². The first-order chi connectivity index (χ1) is 10.9. The van der Waals surface area contributed by atoms with Crippen molar-refractivity contribution in [2.75, 3.05) is 19.7 Å². The van der Waals surface area contributed by atoms with Crippen LogP contribution in [0.5, 0.6) is 0 Å². The van der Waals surface area contributed by atoms with Crippen molar-refractivity contribution in [2.45, 2.75) is 18.5 Å². The summed E-state index contributed by atoms with van der Waals surface area (Å²) in [4.78, 5) is 21.1. The zero-order valence-electron chi connectivity index (χ0n) is 11.5. The normalized spacial score (nSPS) is 14.0. The van der Waals surface area contributed by atoms with Crippen LogP contribution in [-0.2, 0) is 14.3 Å². The second kappa shape index (κ2) is 7.86. The largest absolute Gasteiger partial charge is 0.451 e. The third kappa shape index (κ3) is 9.09. The molecule has 0 radical (unpaired) electrons. The topological polar surface area (TPSA) is 46.6 Å². The minimum atomic E-state index is -5.82. The van der Waals surface area contributed by atoms with Gasteiger partial charge in [0.2, 0.25) is 5.83 Å². The number of halogens is 11. The molecule has 0 aromatic heterocycles. The second-order valence-corrected chi connectivity index (χ2v) is 4.18. The van der Waals surface area contributed by atoms with Crippen LogP contribution in [0.15, 0.2) is 11.7 Å². The highest BCUT2D eigenvalue weighted by molar-refractivity contribution is 6.32. The SMILES string of the molecule is O=C(OC/C(F)=C(\F)C(F)(F)F)C(=O)N(CC(F)(F)F)CC(F)(F)F. The van der Waals surface area contributed by atoms with Crippen molar-refractivity contribution in [3.63, 3.8) is 0 Å². The number of carbonyl (C=O) groups is 2. The summed E-state index contributed by atoms with van der Waals surface area (Å²) in [5, 5.41) is 0. The maximum Gasteiger partial charge on any atom is 0.445 e. The Kier molecular flexibility index (Phi) is 7.20. The fraction of sp³-hybridized carbons (Fsp3) is 0.600. The number of esters is 1. The molecule has 0 aliphatic rings. The van der Waals surface area contributed by atoms with Crippen LogP contribution in [0.4, 0.5) is 48.3 Å². The van der Waals surface area contributed by atoms with Gasteiger partial charge in [-0.1, -0.05) is 0 Å². The molecule has 0 spiro atoms. The molecule has 15 heteroatoms. The van der Waals surface area contributed by atoms with E-state index < -0.39 is 66.7 Å². The Balaban J connectivity index is 5.11. The summed E-state index contributed by atoms with van der Waals surface area (Å²) in [6.45, 7) is -7.26. The van der Waals surface area contributed by atoms with Gasteiger partial charge in [0.25, 0.3) is 0 Å². The van der Waals surface area contributed by atoms with Crippen LogP contribution in [0.2, 0.25) is 0 Å². The van der Waals surface area contributed by atoms with Crippen molar-refractivity contribution in [1.82, 2.24) is 4.90 Å². The molecule has 146 valence electrons. The molecular weight excluding hydrogens is 391 g/mol. The highest BCUT2D eigenvalue weighted by Gasteiger charge is 2.42. The molecule has 1 amide bonds. The fourth-order valence-electron chi connectivity index (χ4n) is 1.17. The van der Waals surface area contributed by atoms with Gasteiger partial charge in [0.1, 0.15) is 19.7 Å². The first-order valence-corrected chi connectivity index (χ1v) is 5.65. The second-order valence-electron chi connectivity index (χ2n) is 4.18. The zero-order valence-corrected chi connectivity index (χ0v) is 11.5. The molecule has 0 saturated heterocycles. The van der Waals surface area contributed by atoms with E-state index in [1.807, 2.05) is 0 Å². The van der Waals surface area contributed by atoms with Crippen LogP contribution < -0.4 is 0 Å². The molecule has 0 rings (SSSR count). The van der Waals surface area contributed by atoms with Crippen LogP contribution in [0.3, 0.4) is 0 Å². The van der Waals surface area contributed by atoms with Crippen molar-refractivity contribution < 1.29 is 62.6 Å². The Hall–Kier alpha value is -2.09. The van der Waals surface area contributed by atoms with Gasteiger partial charge in [0.05, 0.1) is 0 Å². The molecule has 0 aromatic rings. The van der Waals surface area contributed by atoms with Gasteiger partial charge < -0.3 is 9.64 Å². The number of hydrogen-bond donors (Lipinski definition) is 0. The predicted molar refractivity (Wildman–Crippen MR) is 54.9 cm³/mol. The van der Waals surface area contributed by atoms with E-state index in [9.17, 15) is 57.9 Å². The third-order valence-electron chi connectivity index (χ3n) is 2.02. The number of rotatable bonds is 4. The van der Waals surface area contributed by atoms with E-state index >= 15 is 0 Å². The van der Waals surface area contributed by atoms with E-state index in [0.717, 1.165) is 0 Å². The molecule has 0 aromatic carbocycles. The molecule has 0 aliphatic carbocycles. The maximum atomic E-state index is 12.7. The summed E-state index contributed by atoms with van der Waals surface area (Å²) >= 11 is 0. The average Bonchev–Trinajstić information content (AvgIpc) is 2.37. The van der Waals surface area contributed by atoms with Crippen molar-refractivity contribution in [1.29, 1.82) is 0 Å². The number of amides is 1. The first kappa shape index (κ1) is 22.9. The number of carbonyl (C=O) groups excluding carboxylic acids is 2. The van der Waals surface area contributed by atoms with Crippen molar-refractivity contribution >= 4 is 11.9 Å². The Bertz CT molecular complexity index is 516. The number of ether oxygens (including phenoxy) is 1. The van der Waals surface area contributed by atoms with Gasteiger partial charge in [0, 0.05) is 0 Å². The maximum absolute atomic E-state index is 12.7. The van der Waals surface area contributed by atoms with E-state index in [1.165, 1.54) is 0 Å². The van der Waals surface area contributed by atoms with Gasteiger partial charge in [-0.3, -0.25) is 4.79 Å². The Morgan fingerprint density at radius 1 is 0.800 bits per heavy atom. The van der Waals surface area contributed by atoms with Crippen LogP contribution in [0, 0.1) is 0 Å². The Morgan fingerprint density at radius 2 is 1.20 bits per heavy atom. The smallest absolute Gasteiger partial charge is 0.445 e. The van der Waals surface area contributed by atoms with Crippen molar-refractivity contribution in [3.05, 3.63) is 11.7 Å². The quantitative estimate of drug-likeness (QED) is 0.416. The summed E-state index contributed by atoms with van der Waals surface area (Å²) in [5.41, 5.74) is 0. The number of alkyl halides is 9. The lowest BCUT2D eigenvalue weighted by atomic mass is 10.4. The summed E-state index contributed by atoms with van der Waals surface area (Å²) in [7, 11) is 0. The number of allylic oxidation sites excluding steroid dienone is 1. The highest BCUT2D eigenvalue weighted by atomic mass is 19.4. The molecule has 0 saturated carbocycles. The minimum Gasteiger partial charge on any atom is -0.451 e. The van der Waals surface area contributed by atoms with E-state index in [-0.39, 0.29) is 0 Å². The molecule has 25 heavy (non-hydrogen) atoms. The van der Waals surface area contributed by atoms with E-state index in [0.29, 0.717) is 0 Å². The molecule has 4 nitrogen and oxygen atoms in total. The summed E-state index contributed by atoms with van der Waals surface area (Å²) in [6.07, 6.45) is -16.6. The van der Waals surface area contributed by atoms with Gasteiger partial charge in [-0.2, -0.15) is 43.9 Å². The van der Waals surface area contributed by atoms with Crippen LogP contribution in [0.25, 0.3) is 0 Å². The van der Waals surface area contributed by atoms with Gasteiger partial charge >= 0.3 is 30.4 Å². The minimum absolute atomic E-state index is 1.07. The van der Waals surface area contributed by atoms with E-state index in [2.05, 4.69) is 4.74 Å². The van der Waals surface area contributed by atoms with Gasteiger partial charge in [-0.05, 0) is 0 Å². The molecule has 0 aliphatic heterocycles. The lowest BCUT2D eigenvalue weighted by Crippen LogP contribution is -2.47. The third-order valence-corrected chi connectivity index (χ3v) is 2.02.